The summed E-state index contributed by atoms with van der Waals surface area (Å²) in [6.45, 7) is 4.02. The lowest BCUT2D eigenvalue weighted by molar-refractivity contribution is -0.141. The van der Waals surface area contributed by atoms with E-state index in [0.717, 1.165) is 44.6 Å². The van der Waals surface area contributed by atoms with Crippen molar-refractivity contribution in [3.8, 4) is 0 Å². The minimum Gasteiger partial charge on any atom is -0.372 e. The zero-order valence-corrected chi connectivity index (χ0v) is 16.6. The van der Waals surface area contributed by atoms with Crippen LogP contribution < -0.4 is 5.32 Å². The Morgan fingerprint density at radius 2 is 2.00 bits per heavy atom. The Bertz CT molecular complexity index is 918. The highest BCUT2D eigenvalue weighted by atomic mass is 19.4. The van der Waals surface area contributed by atoms with E-state index < -0.39 is 11.9 Å². The first-order valence-electron chi connectivity index (χ1n) is 10.1. The van der Waals surface area contributed by atoms with Crippen molar-refractivity contribution < 1.29 is 22.7 Å². The maximum Gasteiger partial charge on any atom is 0.433 e. The lowest BCUT2D eigenvalue weighted by Gasteiger charge is -2.35. The number of ether oxygens (including phenoxy) is 1. The molecule has 0 radical (unpaired) electrons. The molecule has 1 aliphatic heterocycles. The number of halogens is 3. The third-order valence-electron chi connectivity index (χ3n) is 5.72. The van der Waals surface area contributed by atoms with Gasteiger partial charge in [0.2, 0.25) is 11.9 Å². The van der Waals surface area contributed by atoms with Gasteiger partial charge in [-0.25, -0.2) is 9.97 Å². The Morgan fingerprint density at radius 1 is 1.24 bits per heavy atom. The second kappa shape index (κ2) is 7.27. The summed E-state index contributed by atoms with van der Waals surface area (Å²) in [7, 11) is 0. The summed E-state index contributed by atoms with van der Waals surface area (Å²) in [6.07, 6.45) is 0.892. The van der Waals surface area contributed by atoms with E-state index in [2.05, 4.69) is 15.3 Å². The molecule has 6 nitrogen and oxygen atoms in total. The predicted octanol–water partition coefficient (Wildman–Crippen LogP) is 4.85. The maximum absolute atomic E-state index is 13.1. The van der Waals surface area contributed by atoms with Crippen LogP contribution in [0.25, 0.3) is 11.2 Å². The van der Waals surface area contributed by atoms with Crippen LogP contribution in [0.1, 0.15) is 70.5 Å². The van der Waals surface area contributed by atoms with Crippen LogP contribution in [0.5, 0.6) is 0 Å². The van der Waals surface area contributed by atoms with E-state index in [9.17, 15) is 18.0 Å². The number of anilines is 1. The Morgan fingerprint density at radius 3 is 2.62 bits per heavy atom. The number of carbonyl (C=O) groups excluding carboxylic acids is 1. The number of imidazole rings is 1. The minimum atomic E-state index is -4.53. The van der Waals surface area contributed by atoms with Crippen LogP contribution in [0.15, 0.2) is 12.1 Å². The standard InChI is InChI=1S/C20H25F3N4O2/c1-19(2)10-4-7-13(29-19)11-16(28)26-18-24-14-8-9-15(20(21,22)23)25-17(14)27(18)12-5-3-6-12/h8-9,12-13H,3-7,10-11H2,1-2H3,(H,24,26,28). The van der Waals surface area contributed by atoms with Gasteiger partial charge in [0, 0.05) is 6.04 Å². The molecule has 2 aliphatic rings. The quantitative estimate of drug-likeness (QED) is 0.782. The molecule has 2 aromatic heterocycles. The number of rotatable bonds is 4. The fourth-order valence-electron chi connectivity index (χ4n) is 4.06. The van der Waals surface area contributed by atoms with Crippen molar-refractivity contribution in [1.29, 1.82) is 0 Å². The monoisotopic (exact) mass is 410 g/mol. The first-order chi connectivity index (χ1) is 13.6. The van der Waals surface area contributed by atoms with Crippen molar-refractivity contribution in [2.75, 3.05) is 5.32 Å². The topological polar surface area (TPSA) is 69.0 Å². The lowest BCUT2D eigenvalue weighted by Crippen LogP contribution is -2.37. The van der Waals surface area contributed by atoms with Crippen molar-refractivity contribution in [3.63, 3.8) is 0 Å². The third kappa shape index (κ3) is 4.24. The average Bonchev–Trinajstić information content (AvgIpc) is 2.88. The first kappa shape index (κ1) is 20.1. The zero-order chi connectivity index (χ0) is 20.8. The molecule has 29 heavy (non-hydrogen) atoms. The van der Waals surface area contributed by atoms with Crippen molar-refractivity contribution in [1.82, 2.24) is 14.5 Å². The molecule has 1 amide bonds. The number of carbonyl (C=O) groups is 1. The summed E-state index contributed by atoms with van der Waals surface area (Å²) in [5, 5.41) is 2.79. The van der Waals surface area contributed by atoms with Gasteiger partial charge in [0.25, 0.3) is 0 Å². The van der Waals surface area contributed by atoms with Crippen LogP contribution in [-0.4, -0.2) is 32.1 Å². The number of fused-ring (bicyclic) bond motifs is 1. The van der Waals surface area contributed by atoms with Crippen LogP contribution in [0.3, 0.4) is 0 Å². The average molecular weight is 410 g/mol. The van der Waals surface area contributed by atoms with Gasteiger partial charge in [-0.1, -0.05) is 0 Å². The highest BCUT2D eigenvalue weighted by Gasteiger charge is 2.35. The second-order valence-corrected chi connectivity index (χ2v) is 8.57. The molecule has 9 heteroatoms. The molecule has 3 heterocycles. The molecular weight excluding hydrogens is 385 g/mol. The Kier molecular flexibility index (Phi) is 5.04. The highest BCUT2D eigenvalue weighted by Crippen LogP contribution is 2.38. The van der Waals surface area contributed by atoms with Crippen molar-refractivity contribution in [2.45, 2.75) is 82.7 Å². The van der Waals surface area contributed by atoms with Gasteiger partial charge in [0.15, 0.2) is 5.65 Å². The molecule has 1 saturated heterocycles. The van der Waals surface area contributed by atoms with Crippen LogP contribution in [0.4, 0.5) is 19.1 Å². The van der Waals surface area contributed by atoms with Gasteiger partial charge < -0.3 is 4.74 Å². The number of hydrogen-bond acceptors (Lipinski definition) is 4. The van der Waals surface area contributed by atoms with Crippen LogP contribution in [0, 0.1) is 0 Å². The van der Waals surface area contributed by atoms with E-state index in [4.69, 9.17) is 4.74 Å². The first-order valence-corrected chi connectivity index (χ1v) is 10.1. The molecular formula is C20H25F3N4O2. The van der Waals surface area contributed by atoms with E-state index in [-0.39, 0.29) is 41.7 Å². The summed E-state index contributed by atoms with van der Waals surface area (Å²) in [6, 6.07) is 2.23. The Hall–Kier alpha value is -2.16. The largest absolute Gasteiger partial charge is 0.433 e. The predicted molar refractivity (Wildman–Crippen MR) is 101 cm³/mol. The fraction of sp³-hybridized carbons (Fsp3) is 0.650. The van der Waals surface area contributed by atoms with Gasteiger partial charge in [-0.3, -0.25) is 14.7 Å². The van der Waals surface area contributed by atoms with Gasteiger partial charge in [0.05, 0.1) is 18.1 Å². The maximum atomic E-state index is 13.1. The normalized spacial score (nSPS) is 22.4. The number of alkyl halides is 3. The van der Waals surface area contributed by atoms with E-state index in [1.54, 1.807) is 4.57 Å². The highest BCUT2D eigenvalue weighted by molar-refractivity contribution is 5.91. The van der Waals surface area contributed by atoms with Gasteiger partial charge >= 0.3 is 6.18 Å². The Labute approximate surface area is 166 Å². The van der Waals surface area contributed by atoms with Crippen molar-refractivity contribution >= 4 is 23.0 Å². The van der Waals surface area contributed by atoms with Crippen molar-refractivity contribution in [2.24, 2.45) is 0 Å². The summed E-state index contributed by atoms with van der Waals surface area (Å²) >= 11 is 0. The van der Waals surface area contributed by atoms with Gasteiger partial charge in [-0.15, -0.1) is 0 Å². The molecule has 1 N–H and O–H groups in total. The van der Waals surface area contributed by atoms with Crippen molar-refractivity contribution in [3.05, 3.63) is 17.8 Å². The molecule has 2 aromatic rings. The molecule has 0 aromatic carbocycles. The molecule has 1 atom stereocenters. The summed E-state index contributed by atoms with van der Waals surface area (Å²) in [5.41, 5.74) is -0.702. The smallest absolute Gasteiger partial charge is 0.372 e. The van der Waals surface area contributed by atoms with Gasteiger partial charge in [-0.05, 0) is 64.5 Å². The molecule has 0 bridgehead atoms. The molecule has 158 valence electrons. The number of amides is 1. The molecule has 0 spiro atoms. The number of nitrogens with zero attached hydrogens (tertiary/aromatic N) is 3. The zero-order valence-electron chi connectivity index (χ0n) is 16.6. The summed E-state index contributed by atoms with van der Waals surface area (Å²) in [4.78, 5) is 20.8. The summed E-state index contributed by atoms with van der Waals surface area (Å²) in [5.74, 6) is 0.0104. The molecule has 1 unspecified atom stereocenters. The molecule has 4 rings (SSSR count). The SMILES string of the molecule is CC1(C)CCCC(CC(=O)Nc2nc3ccc(C(F)(F)F)nc3n2C2CCC2)O1. The van der Waals surface area contributed by atoms with Crippen LogP contribution in [-0.2, 0) is 15.7 Å². The molecule has 1 aliphatic carbocycles. The summed E-state index contributed by atoms with van der Waals surface area (Å²) < 4.78 is 47.0. The number of aromatic nitrogens is 3. The number of pyridine rings is 1. The fourth-order valence-corrected chi connectivity index (χ4v) is 4.06. The Balaban J connectivity index is 1.58. The molecule has 2 fully saturated rings. The van der Waals surface area contributed by atoms with E-state index in [0.29, 0.717) is 5.52 Å². The number of nitrogens with one attached hydrogen (secondary N) is 1. The number of hydrogen-bond donors (Lipinski definition) is 1. The lowest BCUT2D eigenvalue weighted by atomic mass is 9.93. The third-order valence-corrected chi connectivity index (χ3v) is 5.72. The van der Waals surface area contributed by atoms with Crippen LogP contribution in [0.2, 0.25) is 0 Å². The van der Waals surface area contributed by atoms with E-state index in [1.807, 2.05) is 13.8 Å². The molecule has 1 saturated carbocycles. The van der Waals surface area contributed by atoms with E-state index in [1.165, 1.54) is 6.07 Å². The van der Waals surface area contributed by atoms with E-state index >= 15 is 0 Å². The van der Waals surface area contributed by atoms with Gasteiger partial charge in [0.1, 0.15) is 11.2 Å². The second-order valence-electron chi connectivity index (χ2n) is 8.57. The minimum absolute atomic E-state index is 0.00357. The van der Waals surface area contributed by atoms with Gasteiger partial charge in [-0.2, -0.15) is 13.2 Å². The van der Waals surface area contributed by atoms with Crippen LogP contribution >= 0.6 is 0 Å².